The minimum Gasteiger partial charge on any atom is -0.496 e. The Hall–Kier alpha value is -1.55. The molecule has 118 valence electrons. The van der Waals surface area contributed by atoms with E-state index in [-0.39, 0.29) is 11.9 Å². The molecule has 3 N–H and O–H groups in total. The highest BCUT2D eigenvalue weighted by Gasteiger charge is 2.14. The lowest BCUT2D eigenvalue weighted by molar-refractivity contribution is -0.122. The Kier molecular flexibility index (Phi) is 7.23. The lowest BCUT2D eigenvalue weighted by Gasteiger charge is -2.18. The zero-order valence-electron chi connectivity index (χ0n) is 13.6. The van der Waals surface area contributed by atoms with Crippen molar-refractivity contribution >= 4 is 5.91 Å². The van der Waals surface area contributed by atoms with E-state index >= 15 is 0 Å². The number of carbonyl (C=O) groups is 1. The number of nitrogens with two attached hydrogens (primary N) is 1. The van der Waals surface area contributed by atoms with E-state index in [4.69, 9.17) is 10.5 Å². The van der Waals surface area contributed by atoms with Crippen molar-refractivity contribution in [2.75, 3.05) is 13.7 Å². The van der Waals surface area contributed by atoms with Crippen molar-refractivity contribution < 1.29 is 9.53 Å². The van der Waals surface area contributed by atoms with E-state index in [0.717, 1.165) is 29.7 Å². The van der Waals surface area contributed by atoms with Crippen LogP contribution in [0.1, 0.15) is 50.3 Å². The minimum absolute atomic E-state index is 0.0582. The van der Waals surface area contributed by atoms with Gasteiger partial charge in [0.15, 0.2) is 0 Å². The first-order valence-corrected chi connectivity index (χ1v) is 7.61. The Morgan fingerprint density at radius 2 is 2.05 bits per heavy atom. The summed E-state index contributed by atoms with van der Waals surface area (Å²) in [6.07, 6.45) is 2.38. The number of nitrogens with one attached hydrogen (secondary N) is 1. The smallest absolute Gasteiger partial charge is 0.220 e. The Labute approximate surface area is 128 Å². The molecule has 0 heterocycles. The zero-order valence-corrected chi connectivity index (χ0v) is 13.6. The first kappa shape index (κ1) is 17.5. The summed E-state index contributed by atoms with van der Waals surface area (Å²) >= 11 is 0. The predicted octanol–water partition coefficient (Wildman–Crippen LogP) is 2.95. The van der Waals surface area contributed by atoms with Crippen LogP contribution >= 0.6 is 0 Å². The second-order valence-corrected chi connectivity index (χ2v) is 5.76. The van der Waals surface area contributed by atoms with Crippen molar-refractivity contribution in [3.63, 3.8) is 0 Å². The SMILES string of the molecule is COc1ccc(C)cc1C(C)NC(=O)CCC(C)CCN. The van der Waals surface area contributed by atoms with Gasteiger partial charge >= 0.3 is 0 Å². The molecule has 21 heavy (non-hydrogen) atoms. The monoisotopic (exact) mass is 292 g/mol. The first-order chi connectivity index (χ1) is 9.97. The van der Waals surface area contributed by atoms with E-state index in [0.29, 0.717) is 18.9 Å². The molecule has 2 atom stereocenters. The number of ether oxygens (including phenoxy) is 1. The standard InChI is InChI=1S/C17H28N2O2/c1-12(9-10-18)6-8-17(20)19-14(3)15-11-13(2)5-7-16(15)21-4/h5,7,11-12,14H,6,8-10,18H2,1-4H3,(H,19,20). The quantitative estimate of drug-likeness (QED) is 0.774. The molecule has 0 saturated heterocycles. The molecule has 0 saturated carbocycles. The average Bonchev–Trinajstić information content (AvgIpc) is 2.45. The highest BCUT2D eigenvalue weighted by Crippen LogP contribution is 2.26. The molecule has 0 radical (unpaired) electrons. The molecule has 0 bridgehead atoms. The molecule has 0 spiro atoms. The number of rotatable bonds is 8. The summed E-state index contributed by atoms with van der Waals surface area (Å²) in [4.78, 5) is 12.0. The summed E-state index contributed by atoms with van der Waals surface area (Å²) in [5.41, 5.74) is 7.69. The lowest BCUT2D eigenvalue weighted by atomic mass is 10.0. The fourth-order valence-electron chi connectivity index (χ4n) is 2.39. The Bertz CT molecular complexity index is 460. The van der Waals surface area contributed by atoms with Crippen LogP contribution in [0.15, 0.2) is 18.2 Å². The fraction of sp³-hybridized carbons (Fsp3) is 0.588. The molecule has 0 aliphatic carbocycles. The van der Waals surface area contributed by atoms with Gasteiger partial charge in [-0.25, -0.2) is 0 Å². The van der Waals surface area contributed by atoms with Gasteiger partial charge in [-0.2, -0.15) is 0 Å². The summed E-state index contributed by atoms with van der Waals surface area (Å²) < 4.78 is 5.37. The van der Waals surface area contributed by atoms with Crippen molar-refractivity contribution in [2.45, 2.75) is 46.1 Å². The summed E-state index contributed by atoms with van der Waals surface area (Å²) in [5, 5.41) is 3.05. The van der Waals surface area contributed by atoms with Gasteiger partial charge in [-0.3, -0.25) is 4.79 Å². The summed E-state index contributed by atoms with van der Waals surface area (Å²) in [6.45, 7) is 6.83. The van der Waals surface area contributed by atoms with Gasteiger partial charge in [0.25, 0.3) is 0 Å². The number of hydrogen-bond donors (Lipinski definition) is 2. The van der Waals surface area contributed by atoms with Crippen LogP contribution in [-0.4, -0.2) is 19.6 Å². The van der Waals surface area contributed by atoms with Crippen molar-refractivity contribution in [3.05, 3.63) is 29.3 Å². The Morgan fingerprint density at radius 1 is 1.33 bits per heavy atom. The molecule has 0 fully saturated rings. The molecule has 2 unspecified atom stereocenters. The van der Waals surface area contributed by atoms with Crippen molar-refractivity contribution in [1.82, 2.24) is 5.32 Å². The Morgan fingerprint density at radius 3 is 2.67 bits per heavy atom. The first-order valence-electron chi connectivity index (χ1n) is 7.61. The van der Waals surface area contributed by atoms with Crippen LogP contribution in [0.3, 0.4) is 0 Å². The maximum absolute atomic E-state index is 12.0. The van der Waals surface area contributed by atoms with Crippen LogP contribution < -0.4 is 15.8 Å². The number of aryl methyl sites for hydroxylation is 1. The van der Waals surface area contributed by atoms with Gasteiger partial charge in [-0.05, 0) is 45.2 Å². The van der Waals surface area contributed by atoms with Gasteiger partial charge in [0, 0.05) is 12.0 Å². The van der Waals surface area contributed by atoms with Crippen LogP contribution in [0.4, 0.5) is 0 Å². The molecular weight excluding hydrogens is 264 g/mol. The summed E-state index contributed by atoms with van der Waals surface area (Å²) in [6, 6.07) is 5.94. The van der Waals surface area contributed by atoms with Crippen molar-refractivity contribution in [3.8, 4) is 5.75 Å². The van der Waals surface area contributed by atoms with Crippen LogP contribution in [0, 0.1) is 12.8 Å². The maximum Gasteiger partial charge on any atom is 0.220 e. The van der Waals surface area contributed by atoms with E-state index in [1.807, 2.05) is 26.0 Å². The van der Waals surface area contributed by atoms with Gasteiger partial charge in [0.2, 0.25) is 5.91 Å². The van der Waals surface area contributed by atoms with E-state index in [2.05, 4.69) is 18.3 Å². The van der Waals surface area contributed by atoms with Crippen molar-refractivity contribution in [1.29, 1.82) is 0 Å². The maximum atomic E-state index is 12.0. The number of amides is 1. The molecule has 1 amide bonds. The predicted molar refractivity (Wildman–Crippen MR) is 86.4 cm³/mol. The van der Waals surface area contributed by atoms with E-state index < -0.39 is 0 Å². The van der Waals surface area contributed by atoms with Crippen molar-refractivity contribution in [2.24, 2.45) is 11.7 Å². The molecule has 4 nitrogen and oxygen atoms in total. The third-order valence-corrected chi connectivity index (χ3v) is 3.75. The second kappa shape index (κ2) is 8.67. The minimum atomic E-state index is -0.0582. The number of carbonyl (C=O) groups excluding carboxylic acids is 1. The number of benzene rings is 1. The molecule has 1 aromatic rings. The molecule has 1 rings (SSSR count). The number of hydrogen-bond acceptors (Lipinski definition) is 3. The summed E-state index contributed by atoms with van der Waals surface area (Å²) in [7, 11) is 1.65. The van der Waals surface area contributed by atoms with Gasteiger partial charge in [-0.1, -0.05) is 24.6 Å². The van der Waals surface area contributed by atoms with Gasteiger partial charge in [0.1, 0.15) is 5.75 Å². The lowest BCUT2D eigenvalue weighted by Crippen LogP contribution is -2.27. The molecule has 4 heteroatoms. The number of methoxy groups -OCH3 is 1. The van der Waals surface area contributed by atoms with Gasteiger partial charge in [-0.15, -0.1) is 0 Å². The molecule has 1 aromatic carbocycles. The Balaban J connectivity index is 2.58. The molecule has 0 aromatic heterocycles. The van der Waals surface area contributed by atoms with E-state index in [1.165, 1.54) is 0 Å². The topological polar surface area (TPSA) is 64.3 Å². The molecule has 0 aliphatic rings. The van der Waals surface area contributed by atoms with Crippen LogP contribution in [0.5, 0.6) is 5.75 Å². The average molecular weight is 292 g/mol. The van der Waals surface area contributed by atoms with Crippen LogP contribution in [0.25, 0.3) is 0 Å². The second-order valence-electron chi connectivity index (χ2n) is 5.76. The largest absolute Gasteiger partial charge is 0.496 e. The van der Waals surface area contributed by atoms with E-state index in [1.54, 1.807) is 7.11 Å². The fourth-order valence-corrected chi connectivity index (χ4v) is 2.39. The van der Waals surface area contributed by atoms with E-state index in [9.17, 15) is 4.79 Å². The third kappa shape index (κ3) is 5.76. The van der Waals surface area contributed by atoms with Crippen LogP contribution in [-0.2, 0) is 4.79 Å². The highest BCUT2D eigenvalue weighted by atomic mass is 16.5. The van der Waals surface area contributed by atoms with Gasteiger partial charge in [0.05, 0.1) is 13.2 Å². The molecular formula is C17H28N2O2. The summed E-state index contributed by atoms with van der Waals surface area (Å²) in [5.74, 6) is 1.38. The normalized spacial score (nSPS) is 13.6. The van der Waals surface area contributed by atoms with Crippen LogP contribution in [0.2, 0.25) is 0 Å². The zero-order chi connectivity index (χ0) is 15.8. The third-order valence-electron chi connectivity index (χ3n) is 3.75. The highest BCUT2D eigenvalue weighted by molar-refractivity contribution is 5.76. The van der Waals surface area contributed by atoms with Gasteiger partial charge < -0.3 is 15.8 Å². The molecule has 0 aliphatic heterocycles.